The number of benzene rings is 1. The van der Waals surface area contributed by atoms with E-state index in [0.717, 1.165) is 12.7 Å². The largest absolute Gasteiger partial charge is 0.462 e. The van der Waals surface area contributed by atoms with Crippen LogP contribution in [-0.2, 0) is 4.74 Å². The minimum atomic E-state index is -1.62. The molecule has 1 aromatic carbocycles. The first-order chi connectivity index (χ1) is 11.2. The van der Waals surface area contributed by atoms with Gasteiger partial charge in [0, 0.05) is 0 Å². The van der Waals surface area contributed by atoms with E-state index in [1.54, 1.807) is 18.2 Å². The maximum atomic E-state index is 11.1. The lowest BCUT2D eigenvalue weighted by molar-refractivity contribution is 0.178. The molecule has 128 valence electrons. The van der Waals surface area contributed by atoms with Gasteiger partial charge in [-0.3, -0.25) is 0 Å². The van der Waals surface area contributed by atoms with Crippen LogP contribution in [0, 0.1) is 6.92 Å². The fourth-order valence-corrected chi connectivity index (χ4v) is 1.01. The highest BCUT2D eigenvalue weighted by Gasteiger charge is 2.04. The molecule has 0 aliphatic rings. The molecule has 1 rings (SSSR count). The van der Waals surface area contributed by atoms with Crippen LogP contribution >= 0.6 is 0 Å². The van der Waals surface area contributed by atoms with Gasteiger partial charge in [-0.05, 0) is 24.6 Å². The molecule has 0 fully saturated rings. The average molecular weight is 340 g/mol. The normalized spacial score (nSPS) is 9.92. The number of amides is 4. The molecule has 0 aliphatic heterocycles. The van der Waals surface area contributed by atoms with Crippen LogP contribution in [0.4, 0.5) is 19.2 Å². The number of nitrogens with zero attached hydrogens (tertiary/aromatic N) is 4. The van der Waals surface area contributed by atoms with Crippen molar-refractivity contribution in [2.45, 2.75) is 6.92 Å². The first-order valence-electron chi connectivity index (χ1n) is 5.90. The smallest absolute Gasteiger partial charge is 0.458 e. The molecule has 24 heavy (non-hydrogen) atoms. The van der Waals surface area contributed by atoms with Crippen molar-refractivity contribution < 1.29 is 38.9 Å². The molecular formula is C12H12N4O8. The zero-order valence-corrected chi connectivity index (χ0v) is 12.4. The van der Waals surface area contributed by atoms with E-state index in [0.29, 0.717) is 5.75 Å². The van der Waals surface area contributed by atoms with Gasteiger partial charge in [-0.1, -0.05) is 32.6 Å². The van der Waals surface area contributed by atoms with E-state index in [4.69, 9.17) is 14.9 Å². The van der Waals surface area contributed by atoms with Crippen LogP contribution in [-0.4, -0.2) is 41.7 Å². The Morgan fingerprint density at radius 2 is 1.46 bits per heavy atom. The molecule has 0 saturated carbocycles. The van der Waals surface area contributed by atoms with Gasteiger partial charge in [0.25, 0.3) is 0 Å². The van der Waals surface area contributed by atoms with E-state index < -0.39 is 24.4 Å². The third-order valence-electron chi connectivity index (χ3n) is 1.80. The van der Waals surface area contributed by atoms with Gasteiger partial charge in [0.2, 0.25) is 0 Å². The molecule has 0 atom stereocenters. The molecule has 0 aromatic heterocycles. The number of carboxylic acid groups (broad SMARTS) is 2. The van der Waals surface area contributed by atoms with E-state index in [1.807, 2.05) is 13.0 Å². The quantitative estimate of drug-likeness (QED) is 0.729. The summed E-state index contributed by atoms with van der Waals surface area (Å²) in [5, 5.41) is 25.8. The third kappa shape index (κ3) is 11.0. The molecule has 4 amide bonds. The van der Waals surface area contributed by atoms with E-state index in [-0.39, 0.29) is 0 Å². The van der Waals surface area contributed by atoms with Gasteiger partial charge in [-0.25, -0.2) is 19.2 Å². The highest BCUT2D eigenvalue weighted by Crippen LogP contribution is 2.12. The number of hydrogen-bond acceptors (Lipinski definition) is 6. The van der Waals surface area contributed by atoms with Gasteiger partial charge in [0.15, 0.2) is 0 Å². The lowest BCUT2D eigenvalue weighted by Crippen LogP contribution is -2.02. The van der Waals surface area contributed by atoms with Crippen LogP contribution in [0.3, 0.4) is 0 Å². The molecule has 0 saturated heterocycles. The van der Waals surface area contributed by atoms with E-state index in [1.165, 1.54) is 0 Å². The number of ether oxygens (including phenoxy) is 2. The van der Waals surface area contributed by atoms with Crippen LogP contribution in [0.1, 0.15) is 5.56 Å². The standard InChI is InChI=1S/C10H10N2O4.C2H2N2O4/c1-7-4-3-5-8(6-7)16-10(14)12-11-9(13)15-2;5-1(6)3-4-2(7)8/h3-6H,1-2H3;(H,5,6)(H,7,8). The molecule has 12 nitrogen and oxygen atoms in total. The molecule has 0 radical (unpaired) electrons. The number of methoxy groups -OCH3 is 1. The Bertz CT molecular complexity index is 655. The fraction of sp³-hybridized carbons (Fsp3) is 0.167. The van der Waals surface area contributed by atoms with Crippen molar-refractivity contribution in [3.63, 3.8) is 0 Å². The first kappa shape index (κ1) is 20.3. The summed E-state index contributed by atoms with van der Waals surface area (Å²) in [6.07, 6.45) is -5.17. The van der Waals surface area contributed by atoms with Crippen molar-refractivity contribution in [2.24, 2.45) is 20.5 Å². The second-order valence-corrected chi connectivity index (χ2v) is 3.62. The average Bonchev–Trinajstić information content (AvgIpc) is 2.51. The van der Waals surface area contributed by atoms with Gasteiger partial charge in [0.05, 0.1) is 7.11 Å². The molecule has 0 aliphatic carbocycles. The van der Waals surface area contributed by atoms with E-state index in [2.05, 4.69) is 25.2 Å². The molecule has 0 bridgehead atoms. The number of carbonyl (C=O) groups excluding carboxylic acids is 2. The molecule has 2 N–H and O–H groups in total. The first-order valence-corrected chi connectivity index (χ1v) is 5.90. The zero-order valence-electron chi connectivity index (χ0n) is 12.4. The molecule has 12 heteroatoms. The van der Waals surface area contributed by atoms with Crippen molar-refractivity contribution in [1.29, 1.82) is 0 Å². The van der Waals surface area contributed by atoms with E-state index >= 15 is 0 Å². The Morgan fingerprint density at radius 3 is 1.92 bits per heavy atom. The summed E-state index contributed by atoms with van der Waals surface area (Å²) in [5.41, 5.74) is 0.940. The van der Waals surface area contributed by atoms with Crippen LogP contribution in [0.15, 0.2) is 44.7 Å². The van der Waals surface area contributed by atoms with Gasteiger partial charge < -0.3 is 19.7 Å². The predicted molar refractivity (Wildman–Crippen MR) is 75.4 cm³/mol. The lowest BCUT2D eigenvalue weighted by atomic mass is 10.2. The second-order valence-electron chi connectivity index (χ2n) is 3.62. The van der Waals surface area contributed by atoms with Gasteiger partial charge in [0.1, 0.15) is 5.75 Å². The van der Waals surface area contributed by atoms with Crippen LogP contribution in [0.5, 0.6) is 5.75 Å². The van der Waals surface area contributed by atoms with Crippen molar-refractivity contribution in [3.05, 3.63) is 29.8 Å². The lowest BCUT2D eigenvalue weighted by Gasteiger charge is -1.99. The highest BCUT2D eigenvalue weighted by atomic mass is 16.6. The summed E-state index contributed by atoms with van der Waals surface area (Å²) in [6.45, 7) is 1.85. The molecule has 0 heterocycles. The molecule has 1 aromatic rings. The number of aryl methyl sites for hydroxylation is 1. The number of rotatable bonds is 1. The predicted octanol–water partition coefficient (Wildman–Crippen LogP) is 3.51. The Labute approximate surface area is 134 Å². The summed E-state index contributed by atoms with van der Waals surface area (Å²) < 4.78 is 8.95. The molecule has 0 spiro atoms. The monoisotopic (exact) mass is 340 g/mol. The Kier molecular flexibility index (Phi) is 9.26. The fourth-order valence-electron chi connectivity index (χ4n) is 1.01. The van der Waals surface area contributed by atoms with E-state index in [9.17, 15) is 19.2 Å². The molecule has 0 unspecified atom stereocenters. The Morgan fingerprint density at radius 1 is 0.917 bits per heavy atom. The summed E-state index contributed by atoms with van der Waals surface area (Å²) in [7, 11) is 1.13. The minimum Gasteiger partial charge on any atom is -0.462 e. The summed E-state index contributed by atoms with van der Waals surface area (Å²) in [4.78, 5) is 40.3. The Hall–Kier alpha value is -3.70. The van der Waals surface area contributed by atoms with Gasteiger partial charge in [-0.15, -0.1) is 0 Å². The van der Waals surface area contributed by atoms with Crippen LogP contribution in [0.25, 0.3) is 0 Å². The number of hydrogen-bond donors (Lipinski definition) is 2. The zero-order chi connectivity index (χ0) is 18.5. The maximum Gasteiger partial charge on any atom is 0.458 e. The number of carbonyl (C=O) groups is 4. The van der Waals surface area contributed by atoms with Crippen molar-refractivity contribution in [3.8, 4) is 5.75 Å². The summed E-state index contributed by atoms with van der Waals surface area (Å²) >= 11 is 0. The minimum absolute atomic E-state index is 0.341. The van der Waals surface area contributed by atoms with Crippen molar-refractivity contribution >= 4 is 24.4 Å². The van der Waals surface area contributed by atoms with Crippen molar-refractivity contribution in [1.82, 2.24) is 0 Å². The SMILES string of the molecule is COC(=O)N=NC(=O)Oc1cccc(C)c1.O=C(O)N=NC(=O)O. The summed E-state index contributed by atoms with van der Waals surface area (Å²) in [6, 6.07) is 6.84. The van der Waals surface area contributed by atoms with Crippen LogP contribution < -0.4 is 4.74 Å². The summed E-state index contributed by atoms with van der Waals surface area (Å²) in [5.74, 6) is 0.341. The second kappa shape index (κ2) is 10.9. The van der Waals surface area contributed by atoms with Gasteiger partial charge >= 0.3 is 24.4 Å². The third-order valence-corrected chi connectivity index (χ3v) is 1.80. The van der Waals surface area contributed by atoms with Crippen LogP contribution in [0.2, 0.25) is 0 Å². The molecular weight excluding hydrogens is 328 g/mol. The highest BCUT2D eigenvalue weighted by molar-refractivity contribution is 5.74. The topological polar surface area (TPSA) is 177 Å². The maximum absolute atomic E-state index is 11.1. The van der Waals surface area contributed by atoms with Gasteiger partial charge in [-0.2, -0.15) is 0 Å². The van der Waals surface area contributed by atoms with Crippen molar-refractivity contribution in [2.75, 3.05) is 7.11 Å². The Balaban J connectivity index is 0.000000561. The number of azo groups is 2.